The molecule has 152 valence electrons. The van der Waals surface area contributed by atoms with Crippen LogP contribution in [-0.2, 0) is 5.54 Å². The highest BCUT2D eigenvalue weighted by molar-refractivity contribution is 6.01. The molecule has 0 radical (unpaired) electrons. The zero-order chi connectivity index (χ0) is 21.4. The molecule has 0 aliphatic carbocycles. The lowest BCUT2D eigenvalue weighted by molar-refractivity contribution is 0.387. The summed E-state index contributed by atoms with van der Waals surface area (Å²) < 4.78 is 20.2. The molecule has 0 saturated carbocycles. The SMILES string of the molecule is COc1cccc(-c2cccc(C3(c4ccncc4)N=C(N)c4ncccc43)c2)c1F. The normalized spacial score (nSPS) is 17.2. The van der Waals surface area contributed by atoms with Gasteiger partial charge in [0, 0.05) is 29.7 Å². The van der Waals surface area contributed by atoms with E-state index in [0.29, 0.717) is 22.7 Å². The summed E-state index contributed by atoms with van der Waals surface area (Å²) in [6, 6.07) is 20.5. The number of nitrogens with two attached hydrogens (primary N) is 1. The summed E-state index contributed by atoms with van der Waals surface area (Å²) in [5.41, 5.74) is 9.85. The molecule has 6 heteroatoms. The van der Waals surface area contributed by atoms with Crippen LogP contribution >= 0.6 is 0 Å². The van der Waals surface area contributed by atoms with Gasteiger partial charge in [0.05, 0.1) is 7.11 Å². The number of hydrogen-bond donors (Lipinski definition) is 1. The number of ether oxygens (including phenoxy) is 1. The lowest BCUT2D eigenvalue weighted by atomic mass is 9.78. The fourth-order valence-electron chi connectivity index (χ4n) is 4.20. The molecule has 0 saturated heterocycles. The van der Waals surface area contributed by atoms with Gasteiger partial charge in [-0.25, -0.2) is 9.38 Å². The van der Waals surface area contributed by atoms with Crippen LogP contribution in [-0.4, -0.2) is 22.9 Å². The number of rotatable bonds is 4. The molecule has 31 heavy (non-hydrogen) atoms. The fraction of sp³-hybridized carbons (Fsp3) is 0.0800. The van der Waals surface area contributed by atoms with Crippen LogP contribution in [0.4, 0.5) is 4.39 Å². The quantitative estimate of drug-likeness (QED) is 0.544. The average molecular weight is 410 g/mol. The summed E-state index contributed by atoms with van der Waals surface area (Å²) in [5, 5.41) is 0. The Morgan fingerprint density at radius 2 is 1.71 bits per heavy atom. The van der Waals surface area contributed by atoms with Crippen molar-refractivity contribution in [2.75, 3.05) is 7.11 Å². The number of aromatic nitrogens is 2. The highest BCUT2D eigenvalue weighted by atomic mass is 19.1. The second-order valence-electron chi connectivity index (χ2n) is 7.25. The van der Waals surface area contributed by atoms with E-state index in [0.717, 1.165) is 16.7 Å². The summed E-state index contributed by atoms with van der Waals surface area (Å²) in [5.74, 6) is 0.159. The number of aliphatic imine (C=N–C) groups is 1. The minimum atomic E-state index is -0.901. The van der Waals surface area contributed by atoms with E-state index in [-0.39, 0.29) is 5.75 Å². The topological polar surface area (TPSA) is 73.4 Å². The van der Waals surface area contributed by atoms with E-state index in [4.69, 9.17) is 15.5 Å². The van der Waals surface area contributed by atoms with Gasteiger partial charge in [0.15, 0.2) is 11.6 Å². The Kier molecular flexibility index (Phi) is 4.47. The summed E-state index contributed by atoms with van der Waals surface area (Å²) in [7, 11) is 1.46. The van der Waals surface area contributed by atoms with Gasteiger partial charge in [-0.1, -0.05) is 36.4 Å². The van der Waals surface area contributed by atoms with Crippen molar-refractivity contribution in [3.63, 3.8) is 0 Å². The maximum absolute atomic E-state index is 15.0. The first kappa shape index (κ1) is 18.9. The molecule has 1 atom stereocenters. The molecule has 0 bridgehead atoms. The molecule has 2 aromatic carbocycles. The van der Waals surface area contributed by atoms with E-state index in [9.17, 15) is 4.39 Å². The first-order valence-electron chi connectivity index (χ1n) is 9.80. The second kappa shape index (κ2) is 7.32. The molecule has 0 fully saturated rings. The number of hydrogen-bond acceptors (Lipinski definition) is 5. The highest BCUT2D eigenvalue weighted by Crippen LogP contribution is 2.46. The third-order valence-electron chi connectivity index (χ3n) is 5.60. The van der Waals surface area contributed by atoms with Gasteiger partial charge >= 0.3 is 0 Å². The van der Waals surface area contributed by atoms with Crippen LogP contribution in [0, 0.1) is 5.82 Å². The molecular formula is C25H19FN4O. The van der Waals surface area contributed by atoms with Crippen LogP contribution in [0.25, 0.3) is 11.1 Å². The number of halogens is 1. The number of methoxy groups -OCH3 is 1. The zero-order valence-corrected chi connectivity index (χ0v) is 16.8. The van der Waals surface area contributed by atoms with Crippen LogP contribution in [0.5, 0.6) is 5.75 Å². The Balaban J connectivity index is 1.77. The monoisotopic (exact) mass is 410 g/mol. The number of fused-ring (bicyclic) bond motifs is 1. The predicted molar refractivity (Wildman–Crippen MR) is 117 cm³/mol. The lowest BCUT2D eigenvalue weighted by Crippen LogP contribution is -2.25. The van der Waals surface area contributed by atoms with E-state index in [2.05, 4.69) is 9.97 Å². The third-order valence-corrected chi connectivity index (χ3v) is 5.60. The van der Waals surface area contributed by atoms with E-state index in [1.807, 2.05) is 48.5 Å². The highest BCUT2D eigenvalue weighted by Gasteiger charge is 2.43. The van der Waals surface area contributed by atoms with E-state index >= 15 is 0 Å². The summed E-state index contributed by atoms with van der Waals surface area (Å²) in [4.78, 5) is 13.5. The largest absolute Gasteiger partial charge is 0.494 e. The van der Waals surface area contributed by atoms with E-state index in [1.165, 1.54) is 7.11 Å². The number of amidine groups is 1. The summed E-state index contributed by atoms with van der Waals surface area (Å²) in [6.07, 6.45) is 5.15. The maximum atomic E-state index is 15.0. The minimum Gasteiger partial charge on any atom is -0.494 e. The predicted octanol–water partition coefficient (Wildman–Crippen LogP) is 4.30. The average Bonchev–Trinajstić information content (AvgIpc) is 3.13. The minimum absolute atomic E-state index is 0.199. The molecule has 5 rings (SSSR count). The third kappa shape index (κ3) is 2.87. The fourth-order valence-corrected chi connectivity index (χ4v) is 4.20. The zero-order valence-electron chi connectivity index (χ0n) is 16.8. The van der Waals surface area contributed by atoms with Crippen molar-refractivity contribution < 1.29 is 9.13 Å². The van der Waals surface area contributed by atoms with Crippen LogP contribution in [0.2, 0.25) is 0 Å². The molecule has 1 aliphatic heterocycles. The van der Waals surface area contributed by atoms with E-state index in [1.54, 1.807) is 36.8 Å². The van der Waals surface area contributed by atoms with E-state index < -0.39 is 11.4 Å². The first-order valence-corrected chi connectivity index (χ1v) is 9.80. The summed E-state index contributed by atoms with van der Waals surface area (Å²) in [6.45, 7) is 0. The van der Waals surface area contributed by atoms with Gasteiger partial charge in [-0.15, -0.1) is 0 Å². The molecule has 2 N–H and O–H groups in total. The molecular weight excluding hydrogens is 391 g/mol. The Bertz CT molecular complexity index is 1310. The maximum Gasteiger partial charge on any atom is 0.172 e. The van der Waals surface area contributed by atoms with Gasteiger partial charge in [-0.2, -0.15) is 0 Å². The standard InChI is InChI=1S/C25H19FN4O/c1-31-21-9-3-7-19(22(21)26)16-5-2-6-18(15-16)25(17-10-13-28-14-11-17)20-8-4-12-29-23(20)24(27)30-25/h2-15H,1H3,(H2,27,30). The Hall–Kier alpha value is -4.06. The molecule has 0 amide bonds. The van der Waals surface area contributed by atoms with Crippen LogP contribution < -0.4 is 10.5 Å². The van der Waals surface area contributed by atoms with Crippen molar-refractivity contribution in [2.24, 2.45) is 10.7 Å². The number of pyridine rings is 2. The van der Waals surface area contributed by atoms with Crippen LogP contribution in [0.1, 0.15) is 22.4 Å². The van der Waals surface area contributed by atoms with Gasteiger partial charge in [0.1, 0.15) is 17.1 Å². The van der Waals surface area contributed by atoms with Crippen molar-refractivity contribution in [1.82, 2.24) is 9.97 Å². The molecule has 1 unspecified atom stereocenters. The molecule has 0 spiro atoms. The van der Waals surface area contributed by atoms with Gasteiger partial charge in [-0.05, 0) is 47.0 Å². The van der Waals surface area contributed by atoms with Gasteiger partial charge in [-0.3, -0.25) is 9.97 Å². The summed E-state index contributed by atoms with van der Waals surface area (Å²) >= 11 is 0. The van der Waals surface area contributed by atoms with Crippen molar-refractivity contribution in [1.29, 1.82) is 0 Å². The van der Waals surface area contributed by atoms with Gasteiger partial charge < -0.3 is 10.5 Å². The van der Waals surface area contributed by atoms with Crippen molar-refractivity contribution in [3.8, 4) is 16.9 Å². The van der Waals surface area contributed by atoms with Crippen molar-refractivity contribution >= 4 is 5.84 Å². The smallest absolute Gasteiger partial charge is 0.172 e. The Morgan fingerprint density at radius 1 is 0.903 bits per heavy atom. The van der Waals surface area contributed by atoms with Crippen LogP contribution in [0.3, 0.4) is 0 Å². The molecule has 2 aromatic heterocycles. The van der Waals surface area contributed by atoms with Gasteiger partial charge in [0.2, 0.25) is 0 Å². The molecule has 4 aromatic rings. The Morgan fingerprint density at radius 3 is 2.52 bits per heavy atom. The van der Waals surface area contributed by atoms with Crippen LogP contribution in [0.15, 0.2) is 90.3 Å². The number of nitrogens with zero attached hydrogens (tertiary/aromatic N) is 3. The van der Waals surface area contributed by atoms with Gasteiger partial charge in [0.25, 0.3) is 0 Å². The Labute approximate surface area is 179 Å². The molecule has 5 nitrogen and oxygen atoms in total. The lowest BCUT2D eigenvalue weighted by Gasteiger charge is -2.29. The first-order chi connectivity index (χ1) is 15.1. The molecule has 3 heterocycles. The van der Waals surface area contributed by atoms with Crippen molar-refractivity contribution in [2.45, 2.75) is 5.54 Å². The second-order valence-corrected chi connectivity index (χ2v) is 7.25. The molecule has 1 aliphatic rings. The number of benzene rings is 2. The van der Waals surface area contributed by atoms with Crippen molar-refractivity contribution in [3.05, 3.63) is 114 Å².